The summed E-state index contributed by atoms with van der Waals surface area (Å²) in [6, 6.07) is 2.75. The van der Waals surface area contributed by atoms with Crippen molar-refractivity contribution in [3.63, 3.8) is 0 Å². The van der Waals surface area contributed by atoms with Crippen LogP contribution in [0.3, 0.4) is 0 Å². The van der Waals surface area contributed by atoms with Gasteiger partial charge in [0.15, 0.2) is 17.5 Å². The minimum absolute atomic E-state index is 0.0575. The minimum atomic E-state index is -1.03. The number of hydrogen-bond donors (Lipinski definition) is 1. The summed E-state index contributed by atoms with van der Waals surface area (Å²) in [4.78, 5) is 11.2. The Morgan fingerprint density at radius 1 is 1.11 bits per heavy atom. The van der Waals surface area contributed by atoms with Crippen molar-refractivity contribution in [3.05, 3.63) is 29.3 Å². The van der Waals surface area contributed by atoms with Gasteiger partial charge in [-0.3, -0.25) is 0 Å². The molecule has 94 valence electrons. The van der Waals surface area contributed by atoms with Crippen LogP contribution in [0.1, 0.15) is 5.56 Å². The predicted molar refractivity (Wildman–Crippen MR) is 60.9 cm³/mol. The van der Waals surface area contributed by atoms with E-state index in [1.165, 1.54) is 26.2 Å². The van der Waals surface area contributed by atoms with Crippen LogP contribution in [0.4, 0.5) is 14.7 Å². The highest BCUT2D eigenvalue weighted by Gasteiger charge is 2.16. The summed E-state index contributed by atoms with van der Waals surface area (Å²) in [5, 5.41) is 0. The molecule has 0 bridgehead atoms. The largest absolute Gasteiger partial charge is 0.467 e. The van der Waals surface area contributed by atoms with Crippen molar-refractivity contribution in [2.45, 2.75) is 6.92 Å². The first-order valence-corrected chi connectivity index (χ1v) is 5.03. The van der Waals surface area contributed by atoms with Crippen LogP contribution < -0.4 is 10.5 Å². The molecule has 0 aliphatic carbocycles. The predicted octanol–water partition coefficient (Wildman–Crippen LogP) is 1.72. The van der Waals surface area contributed by atoms with Crippen LogP contribution in [0.5, 0.6) is 6.01 Å². The highest BCUT2D eigenvalue weighted by molar-refractivity contribution is 5.58. The van der Waals surface area contributed by atoms with Gasteiger partial charge in [-0.1, -0.05) is 6.07 Å². The average molecular weight is 252 g/mol. The number of anilines is 1. The Bertz CT molecular complexity index is 604. The summed E-state index contributed by atoms with van der Waals surface area (Å²) >= 11 is 0. The van der Waals surface area contributed by atoms with Gasteiger partial charge in [-0.15, -0.1) is 0 Å². The number of methoxy groups -OCH3 is 1. The lowest BCUT2D eigenvalue weighted by atomic mass is 10.1. The number of benzene rings is 1. The van der Waals surface area contributed by atoms with E-state index in [-0.39, 0.29) is 28.9 Å². The van der Waals surface area contributed by atoms with E-state index in [0.29, 0.717) is 0 Å². The van der Waals surface area contributed by atoms with E-state index in [0.717, 1.165) is 0 Å². The van der Waals surface area contributed by atoms with Crippen molar-refractivity contribution in [2.24, 2.45) is 0 Å². The maximum absolute atomic E-state index is 13.8. The highest BCUT2D eigenvalue weighted by Crippen LogP contribution is 2.24. The summed E-state index contributed by atoms with van der Waals surface area (Å²) < 4.78 is 32.0. The van der Waals surface area contributed by atoms with Crippen LogP contribution in [0.2, 0.25) is 0 Å². The van der Waals surface area contributed by atoms with Crippen LogP contribution >= 0.6 is 0 Å². The number of nitrogens with two attached hydrogens (primary N) is 1. The molecule has 0 fully saturated rings. The number of ether oxygens (including phenoxy) is 1. The number of aromatic nitrogens is 3. The van der Waals surface area contributed by atoms with Gasteiger partial charge in [0.05, 0.1) is 12.7 Å². The Hall–Kier alpha value is -2.31. The summed E-state index contributed by atoms with van der Waals surface area (Å²) in [6.45, 7) is 1.46. The van der Waals surface area contributed by atoms with E-state index in [2.05, 4.69) is 15.0 Å². The molecule has 0 saturated heterocycles. The van der Waals surface area contributed by atoms with Crippen LogP contribution in [0.15, 0.2) is 12.1 Å². The van der Waals surface area contributed by atoms with Gasteiger partial charge in [-0.25, -0.2) is 8.78 Å². The van der Waals surface area contributed by atoms with E-state index in [4.69, 9.17) is 10.5 Å². The summed E-state index contributed by atoms with van der Waals surface area (Å²) in [6.07, 6.45) is 0. The van der Waals surface area contributed by atoms with Gasteiger partial charge in [0.2, 0.25) is 5.95 Å². The quantitative estimate of drug-likeness (QED) is 0.880. The van der Waals surface area contributed by atoms with E-state index in [1.54, 1.807) is 0 Å². The maximum atomic E-state index is 13.8. The third-order valence-electron chi connectivity index (χ3n) is 2.33. The van der Waals surface area contributed by atoms with Crippen molar-refractivity contribution in [1.82, 2.24) is 15.0 Å². The van der Waals surface area contributed by atoms with Crippen molar-refractivity contribution in [1.29, 1.82) is 0 Å². The van der Waals surface area contributed by atoms with Gasteiger partial charge in [0, 0.05) is 0 Å². The molecule has 5 nitrogen and oxygen atoms in total. The van der Waals surface area contributed by atoms with E-state index in [1.807, 2.05) is 0 Å². The second kappa shape index (κ2) is 4.52. The molecule has 2 rings (SSSR count). The Labute approximate surface area is 102 Å². The topological polar surface area (TPSA) is 73.9 Å². The number of halogens is 2. The van der Waals surface area contributed by atoms with E-state index >= 15 is 0 Å². The third-order valence-corrected chi connectivity index (χ3v) is 2.33. The second-order valence-corrected chi connectivity index (χ2v) is 3.56. The highest BCUT2D eigenvalue weighted by atomic mass is 19.2. The van der Waals surface area contributed by atoms with E-state index in [9.17, 15) is 8.78 Å². The zero-order valence-corrected chi connectivity index (χ0v) is 9.74. The van der Waals surface area contributed by atoms with Gasteiger partial charge in [0.1, 0.15) is 0 Å². The number of hydrogen-bond acceptors (Lipinski definition) is 5. The van der Waals surface area contributed by atoms with Gasteiger partial charge in [-0.2, -0.15) is 15.0 Å². The van der Waals surface area contributed by atoms with Crippen molar-refractivity contribution >= 4 is 5.95 Å². The fourth-order valence-electron chi connectivity index (χ4n) is 1.40. The second-order valence-electron chi connectivity index (χ2n) is 3.56. The normalized spacial score (nSPS) is 10.4. The van der Waals surface area contributed by atoms with Crippen molar-refractivity contribution in [2.75, 3.05) is 12.8 Å². The molecular weight excluding hydrogens is 242 g/mol. The smallest absolute Gasteiger partial charge is 0.321 e. The molecule has 7 heteroatoms. The molecule has 0 aliphatic heterocycles. The molecule has 0 aliphatic rings. The Morgan fingerprint density at radius 2 is 1.83 bits per heavy atom. The molecular formula is C11H10F2N4O. The van der Waals surface area contributed by atoms with Crippen LogP contribution in [-0.4, -0.2) is 22.1 Å². The third kappa shape index (κ3) is 2.06. The molecule has 0 unspecified atom stereocenters. The SMILES string of the molecule is COc1nc(N)nc(-c2ccc(C)c(F)c2F)n1. The molecule has 2 N–H and O–H groups in total. The first-order valence-electron chi connectivity index (χ1n) is 5.03. The number of rotatable bonds is 2. The molecule has 0 radical (unpaired) electrons. The average Bonchev–Trinajstić information content (AvgIpc) is 2.35. The zero-order valence-electron chi connectivity index (χ0n) is 9.74. The molecule has 1 aromatic heterocycles. The Balaban J connectivity index is 2.62. The van der Waals surface area contributed by atoms with E-state index < -0.39 is 11.6 Å². The fourth-order valence-corrected chi connectivity index (χ4v) is 1.40. The van der Waals surface area contributed by atoms with Crippen molar-refractivity contribution < 1.29 is 13.5 Å². The summed E-state index contributed by atoms with van der Waals surface area (Å²) in [5.41, 5.74) is 5.54. The molecule has 0 amide bonds. The Morgan fingerprint density at radius 3 is 2.50 bits per heavy atom. The van der Waals surface area contributed by atoms with Crippen molar-refractivity contribution in [3.8, 4) is 17.4 Å². The molecule has 0 saturated carbocycles. The number of nitrogens with zero attached hydrogens (tertiary/aromatic N) is 3. The van der Waals surface area contributed by atoms with Gasteiger partial charge < -0.3 is 10.5 Å². The standard InChI is InChI=1S/C11H10F2N4O/c1-5-3-4-6(8(13)7(5)12)9-15-10(14)17-11(16-9)18-2/h3-4H,1-2H3,(H2,14,15,16,17). The molecule has 0 atom stereocenters. The first-order chi connectivity index (χ1) is 8.52. The minimum Gasteiger partial charge on any atom is -0.467 e. The lowest BCUT2D eigenvalue weighted by Crippen LogP contribution is -2.04. The lowest BCUT2D eigenvalue weighted by molar-refractivity contribution is 0.379. The number of aryl methyl sites for hydroxylation is 1. The first kappa shape index (κ1) is 12.2. The summed E-state index contributed by atoms with van der Waals surface area (Å²) in [5.74, 6) is -2.17. The number of nitrogen functional groups attached to an aromatic ring is 1. The lowest BCUT2D eigenvalue weighted by Gasteiger charge is -2.06. The Kier molecular flexibility index (Phi) is 3.05. The van der Waals surface area contributed by atoms with Gasteiger partial charge >= 0.3 is 6.01 Å². The van der Waals surface area contributed by atoms with Crippen LogP contribution in [0, 0.1) is 18.6 Å². The van der Waals surface area contributed by atoms with Crippen LogP contribution in [0.25, 0.3) is 11.4 Å². The molecule has 18 heavy (non-hydrogen) atoms. The van der Waals surface area contributed by atoms with Gasteiger partial charge in [0.25, 0.3) is 0 Å². The molecule has 0 spiro atoms. The molecule has 1 heterocycles. The molecule has 1 aromatic carbocycles. The molecule has 2 aromatic rings. The zero-order chi connectivity index (χ0) is 13.3. The fraction of sp³-hybridized carbons (Fsp3) is 0.182. The van der Waals surface area contributed by atoms with Crippen LogP contribution in [-0.2, 0) is 0 Å². The summed E-state index contributed by atoms with van der Waals surface area (Å²) in [7, 11) is 1.34. The maximum Gasteiger partial charge on any atom is 0.321 e. The van der Waals surface area contributed by atoms with Gasteiger partial charge in [-0.05, 0) is 18.6 Å². The monoisotopic (exact) mass is 252 g/mol.